The molecule has 10 atom stereocenters. The molecule has 2 bridgehead atoms. The SMILES string of the molecule is CO[C@H]1O[C@H](COCc2ccccc2)[C@@H](O[C@H]2O[C@@H]3CO[Si](C(C)(C)C)(C(C)(C)C)O[C@H]([C@@H]2OCc2ccccc2)[C@@H]3OCc2ccccc2)[C@H](OCc2ccccc2)[C@H]1OCc1ccccc1. The van der Waals surface area contributed by atoms with Crippen LogP contribution in [-0.4, -0.2) is 90.3 Å². The molecule has 0 spiro atoms. The third-order valence-corrected chi connectivity index (χ3v) is 18.1. The average molecular weight is 947 g/mol. The quantitative estimate of drug-likeness (QED) is 0.0740. The van der Waals surface area contributed by atoms with Gasteiger partial charge in [0.1, 0.15) is 48.8 Å². The molecule has 0 aliphatic carbocycles. The molecule has 3 aliphatic heterocycles. The fourth-order valence-electron chi connectivity index (χ4n) is 9.79. The Morgan fingerprint density at radius 1 is 0.471 bits per heavy atom. The molecule has 5 aromatic rings. The summed E-state index contributed by atoms with van der Waals surface area (Å²) < 4.78 is 77.0. The van der Waals surface area contributed by atoms with E-state index in [0.29, 0.717) is 13.2 Å². The molecule has 364 valence electrons. The van der Waals surface area contributed by atoms with E-state index < -0.39 is 70.0 Å². The molecular weight excluding hydrogens is 877 g/mol. The van der Waals surface area contributed by atoms with Crippen molar-refractivity contribution in [1.82, 2.24) is 0 Å². The van der Waals surface area contributed by atoms with Crippen molar-refractivity contribution in [2.24, 2.45) is 0 Å². The largest absolute Gasteiger partial charge is 0.391 e. The summed E-state index contributed by atoms with van der Waals surface area (Å²) in [6, 6.07) is 50.5. The number of rotatable bonds is 19. The number of hydrogen-bond donors (Lipinski definition) is 0. The van der Waals surface area contributed by atoms with E-state index in [1.165, 1.54) is 0 Å². The second kappa shape index (κ2) is 23.2. The first-order valence-corrected chi connectivity index (χ1v) is 25.8. The van der Waals surface area contributed by atoms with Gasteiger partial charge in [-0.1, -0.05) is 193 Å². The molecular formula is C56H70O11Si. The second-order valence-corrected chi connectivity index (χ2v) is 24.7. The van der Waals surface area contributed by atoms with Gasteiger partial charge in [0.05, 0.1) is 46.2 Å². The van der Waals surface area contributed by atoms with Crippen LogP contribution in [0.25, 0.3) is 0 Å². The van der Waals surface area contributed by atoms with E-state index in [-0.39, 0.29) is 43.1 Å². The van der Waals surface area contributed by atoms with Gasteiger partial charge in [-0.15, -0.1) is 0 Å². The Morgan fingerprint density at radius 3 is 1.32 bits per heavy atom. The van der Waals surface area contributed by atoms with Gasteiger partial charge in [0.25, 0.3) is 0 Å². The first-order valence-electron chi connectivity index (χ1n) is 24.0. The molecule has 3 fully saturated rings. The van der Waals surface area contributed by atoms with Gasteiger partial charge in [0.2, 0.25) is 0 Å². The normalized spacial score (nSPS) is 27.3. The maximum atomic E-state index is 7.71. The number of methoxy groups -OCH3 is 1. The Kier molecular flexibility index (Phi) is 17.1. The van der Waals surface area contributed by atoms with Crippen LogP contribution in [0, 0.1) is 0 Å². The van der Waals surface area contributed by atoms with E-state index in [1.807, 2.05) is 140 Å². The fraction of sp³-hybridized carbons (Fsp3) is 0.464. The highest BCUT2D eigenvalue weighted by atomic mass is 28.4. The predicted octanol–water partition coefficient (Wildman–Crippen LogP) is 10.5. The van der Waals surface area contributed by atoms with Crippen molar-refractivity contribution in [3.8, 4) is 0 Å². The summed E-state index contributed by atoms with van der Waals surface area (Å²) in [4.78, 5) is 0. The smallest absolute Gasteiger partial charge is 0.349 e. The van der Waals surface area contributed by atoms with Crippen molar-refractivity contribution in [3.05, 3.63) is 179 Å². The van der Waals surface area contributed by atoms with E-state index in [9.17, 15) is 0 Å². The van der Waals surface area contributed by atoms with Gasteiger partial charge in [-0.2, -0.15) is 0 Å². The third-order valence-electron chi connectivity index (χ3n) is 13.0. The lowest BCUT2D eigenvalue weighted by Crippen LogP contribution is -2.67. The molecule has 0 amide bonds. The van der Waals surface area contributed by atoms with E-state index >= 15 is 0 Å². The van der Waals surface area contributed by atoms with E-state index in [0.717, 1.165) is 27.8 Å². The van der Waals surface area contributed by atoms with Gasteiger partial charge in [-0.05, 0) is 27.8 Å². The Labute approximate surface area is 404 Å². The Balaban J connectivity index is 1.20. The van der Waals surface area contributed by atoms with Gasteiger partial charge < -0.3 is 51.5 Å². The number of hydrogen-bond acceptors (Lipinski definition) is 11. The molecule has 0 saturated carbocycles. The summed E-state index contributed by atoms with van der Waals surface area (Å²) in [6.07, 6.45) is -7.51. The lowest BCUT2D eigenvalue weighted by molar-refractivity contribution is -0.369. The molecule has 8 rings (SSSR count). The summed E-state index contributed by atoms with van der Waals surface area (Å²) in [6.45, 7) is 15.2. The van der Waals surface area contributed by atoms with Crippen LogP contribution in [0.3, 0.4) is 0 Å². The second-order valence-electron chi connectivity index (χ2n) is 20.0. The van der Waals surface area contributed by atoms with Crippen LogP contribution in [0.2, 0.25) is 10.1 Å². The number of ether oxygens (including phenoxy) is 9. The molecule has 11 nitrogen and oxygen atoms in total. The maximum Gasteiger partial charge on any atom is 0.349 e. The molecule has 0 radical (unpaired) electrons. The van der Waals surface area contributed by atoms with Crippen LogP contribution in [0.1, 0.15) is 69.4 Å². The molecule has 3 heterocycles. The van der Waals surface area contributed by atoms with Gasteiger partial charge in [-0.25, -0.2) is 0 Å². The van der Waals surface area contributed by atoms with Gasteiger partial charge >= 0.3 is 8.56 Å². The van der Waals surface area contributed by atoms with Crippen LogP contribution < -0.4 is 0 Å². The van der Waals surface area contributed by atoms with Crippen LogP contribution in [0.4, 0.5) is 0 Å². The molecule has 68 heavy (non-hydrogen) atoms. The Hall–Kier alpha value is -4.12. The van der Waals surface area contributed by atoms with Crippen LogP contribution in [0.5, 0.6) is 0 Å². The van der Waals surface area contributed by atoms with Crippen molar-refractivity contribution in [2.45, 2.75) is 146 Å². The summed E-state index contributed by atoms with van der Waals surface area (Å²) >= 11 is 0. The maximum absolute atomic E-state index is 7.71. The van der Waals surface area contributed by atoms with E-state index in [1.54, 1.807) is 7.11 Å². The van der Waals surface area contributed by atoms with E-state index in [4.69, 9.17) is 51.5 Å². The summed E-state index contributed by atoms with van der Waals surface area (Å²) in [5.74, 6) is 0. The first-order chi connectivity index (χ1) is 32.9. The van der Waals surface area contributed by atoms with Gasteiger partial charge in [0, 0.05) is 17.2 Å². The molecule has 0 aromatic heterocycles. The van der Waals surface area contributed by atoms with Crippen LogP contribution in [-0.2, 0) is 84.5 Å². The molecule has 0 unspecified atom stereocenters. The minimum Gasteiger partial charge on any atom is -0.391 e. The zero-order valence-corrected chi connectivity index (χ0v) is 41.6. The lowest BCUT2D eigenvalue weighted by Gasteiger charge is -2.52. The summed E-state index contributed by atoms with van der Waals surface area (Å²) in [5.41, 5.74) is 5.04. The van der Waals surface area contributed by atoms with Crippen LogP contribution >= 0.6 is 0 Å². The molecule has 3 aliphatic rings. The van der Waals surface area contributed by atoms with Crippen molar-refractivity contribution >= 4 is 8.56 Å². The first kappa shape index (κ1) is 50.3. The minimum absolute atomic E-state index is 0.150. The summed E-state index contributed by atoms with van der Waals surface area (Å²) in [5, 5.41) is -0.722. The zero-order chi connectivity index (χ0) is 47.6. The zero-order valence-electron chi connectivity index (χ0n) is 40.6. The minimum atomic E-state index is -3.20. The molecule has 12 heteroatoms. The van der Waals surface area contributed by atoms with Crippen LogP contribution in [0.15, 0.2) is 152 Å². The monoisotopic (exact) mass is 946 g/mol. The van der Waals surface area contributed by atoms with Crippen molar-refractivity contribution in [3.63, 3.8) is 0 Å². The standard InChI is InChI=1S/C56H70O11Si/c1-55(2,3)68(56(4,5)6)63-39-46-47(59-34-41-25-15-9-16-26-41)50(67-68)52(62-37-44-31-21-12-22-32-44)54(65-46)66-48-45(38-58-33-40-23-13-8-14-24-40)64-53(57-7)51(61-36-43-29-19-11-20-30-43)49(48)60-35-42-27-17-10-18-28-42/h8-32,45-54H,33-39H2,1-7H3/t45-,46-,47-,48-,49+,50+,51-,52+,53+,54-/m1/s1. The number of benzene rings is 5. The predicted molar refractivity (Wildman–Crippen MR) is 261 cm³/mol. The highest BCUT2D eigenvalue weighted by molar-refractivity contribution is 6.73. The van der Waals surface area contributed by atoms with Gasteiger partial charge in [0.15, 0.2) is 12.6 Å². The van der Waals surface area contributed by atoms with Crippen molar-refractivity contribution in [2.75, 3.05) is 20.3 Å². The Bertz CT molecular complexity index is 2210. The highest BCUT2D eigenvalue weighted by Gasteiger charge is 2.65. The third kappa shape index (κ3) is 12.2. The highest BCUT2D eigenvalue weighted by Crippen LogP contribution is 2.55. The fourth-order valence-corrected chi connectivity index (χ4v) is 14.7. The number of fused-ring (bicyclic) bond motifs is 2. The molecule has 0 N–H and O–H groups in total. The van der Waals surface area contributed by atoms with Gasteiger partial charge in [-0.3, -0.25) is 0 Å². The molecule has 5 aromatic carbocycles. The van der Waals surface area contributed by atoms with Crippen molar-refractivity contribution < 1.29 is 51.5 Å². The topological polar surface area (TPSA) is 102 Å². The molecule has 3 saturated heterocycles. The average Bonchev–Trinajstić information content (AvgIpc) is 3.47. The van der Waals surface area contributed by atoms with Crippen molar-refractivity contribution in [1.29, 1.82) is 0 Å². The Morgan fingerprint density at radius 2 is 0.882 bits per heavy atom. The summed E-state index contributed by atoms with van der Waals surface area (Å²) in [7, 11) is -1.58. The van der Waals surface area contributed by atoms with E-state index in [2.05, 4.69) is 53.7 Å². The lowest BCUT2D eigenvalue weighted by atomic mass is 9.96.